The van der Waals surface area contributed by atoms with Crippen LogP contribution < -0.4 is 10.1 Å². The van der Waals surface area contributed by atoms with Gasteiger partial charge in [0.25, 0.3) is 5.91 Å². The van der Waals surface area contributed by atoms with E-state index in [1.807, 2.05) is 0 Å². The van der Waals surface area contributed by atoms with E-state index >= 15 is 0 Å². The summed E-state index contributed by atoms with van der Waals surface area (Å²) in [5.41, 5.74) is 0.456. The molecule has 0 spiro atoms. The van der Waals surface area contributed by atoms with Gasteiger partial charge in [-0.1, -0.05) is 11.6 Å². The number of carboxylic acid groups (broad SMARTS) is 1. The molecule has 0 aromatic heterocycles. The molecule has 0 fully saturated rings. The van der Waals surface area contributed by atoms with Crippen molar-refractivity contribution in [2.24, 2.45) is 0 Å². The van der Waals surface area contributed by atoms with Gasteiger partial charge in [0.15, 0.2) is 0 Å². The van der Waals surface area contributed by atoms with Gasteiger partial charge in [-0.3, -0.25) is 4.79 Å². The quantitative estimate of drug-likeness (QED) is 0.823. The van der Waals surface area contributed by atoms with E-state index in [9.17, 15) is 9.59 Å². The molecule has 96 valence electrons. The van der Waals surface area contributed by atoms with Gasteiger partial charge in [0.2, 0.25) is 0 Å². The smallest absolute Gasteiger partial charge is 0.328 e. The van der Waals surface area contributed by atoms with Crippen molar-refractivity contribution < 1.29 is 19.4 Å². The number of anilines is 1. The van der Waals surface area contributed by atoms with E-state index in [2.05, 4.69) is 5.32 Å². The lowest BCUT2D eigenvalue weighted by molar-refractivity contribution is -0.131. The van der Waals surface area contributed by atoms with Gasteiger partial charge < -0.3 is 15.2 Å². The number of halogens is 1. The predicted octanol–water partition coefficient (Wildman–Crippen LogP) is 2.32. The molecule has 18 heavy (non-hydrogen) atoms. The third-order valence-electron chi connectivity index (χ3n) is 2.11. The normalized spacial score (nSPS) is 10.9. The summed E-state index contributed by atoms with van der Waals surface area (Å²) < 4.78 is 5.05. The van der Waals surface area contributed by atoms with Crippen molar-refractivity contribution in [2.45, 2.75) is 6.92 Å². The Labute approximate surface area is 109 Å². The maximum Gasteiger partial charge on any atom is 0.328 e. The average Bonchev–Trinajstić information content (AvgIpc) is 2.28. The Bertz CT molecular complexity index is 511. The number of carbonyl (C=O) groups excluding carboxylic acids is 1. The van der Waals surface area contributed by atoms with Gasteiger partial charge in [-0.25, -0.2) is 4.79 Å². The SMILES string of the molecule is COc1ccc(Cl)cc1NC(=O)C(C)=CC(=O)O. The summed E-state index contributed by atoms with van der Waals surface area (Å²) in [5.74, 6) is -1.27. The molecule has 1 amide bonds. The van der Waals surface area contributed by atoms with Gasteiger partial charge in [-0.05, 0) is 25.1 Å². The Balaban J connectivity index is 2.94. The highest BCUT2D eigenvalue weighted by Gasteiger charge is 2.10. The third-order valence-corrected chi connectivity index (χ3v) is 2.34. The molecule has 0 saturated carbocycles. The highest BCUT2D eigenvalue weighted by molar-refractivity contribution is 6.31. The number of carboxylic acids is 1. The first-order valence-electron chi connectivity index (χ1n) is 5.00. The van der Waals surface area contributed by atoms with Crippen molar-refractivity contribution in [1.29, 1.82) is 0 Å². The highest BCUT2D eigenvalue weighted by atomic mass is 35.5. The van der Waals surface area contributed by atoms with Crippen LogP contribution in [0.5, 0.6) is 5.75 Å². The zero-order valence-electron chi connectivity index (χ0n) is 9.86. The Morgan fingerprint density at radius 1 is 1.44 bits per heavy atom. The van der Waals surface area contributed by atoms with Crippen LogP contribution >= 0.6 is 11.6 Å². The van der Waals surface area contributed by atoms with Gasteiger partial charge in [0, 0.05) is 16.7 Å². The van der Waals surface area contributed by atoms with Crippen LogP contribution in [0.3, 0.4) is 0 Å². The van der Waals surface area contributed by atoms with Crippen LogP contribution in [-0.4, -0.2) is 24.1 Å². The molecule has 6 heteroatoms. The van der Waals surface area contributed by atoms with Crippen molar-refractivity contribution in [3.63, 3.8) is 0 Å². The van der Waals surface area contributed by atoms with E-state index in [0.717, 1.165) is 6.08 Å². The maximum absolute atomic E-state index is 11.7. The molecule has 2 N–H and O–H groups in total. The van der Waals surface area contributed by atoms with Crippen molar-refractivity contribution in [1.82, 2.24) is 0 Å². The number of aliphatic carboxylic acids is 1. The second-order valence-corrected chi connectivity index (χ2v) is 3.90. The number of carbonyl (C=O) groups is 2. The zero-order chi connectivity index (χ0) is 13.7. The average molecular weight is 270 g/mol. The van der Waals surface area contributed by atoms with Gasteiger partial charge in [-0.2, -0.15) is 0 Å². The fourth-order valence-corrected chi connectivity index (χ4v) is 1.42. The lowest BCUT2D eigenvalue weighted by Gasteiger charge is -2.10. The van der Waals surface area contributed by atoms with E-state index in [4.69, 9.17) is 21.4 Å². The van der Waals surface area contributed by atoms with E-state index in [0.29, 0.717) is 16.5 Å². The molecule has 0 aliphatic heterocycles. The number of rotatable bonds is 4. The molecule has 0 aliphatic rings. The summed E-state index contributed by atoms with van der Waals surface area (Å²) in [7, 11) is 1.46. The molecule has 0 unspecified atom stereocenters. The third kappa shape index (κ3) is 3.78. The van der Waals surface area contributed by atoms with Gasteiger partial charge in [-0.15, -0.1) is 0 Å². The monoisotopic (exact) mass is 269 g/mol. The summed E-state index contributed by atoms with van der Waals surface area (Å²) in [4.78, 5) is 22.1. The molecule has 0 heterocycles. The minimum atomic E-state index is -1.18. The molecule has 1 aromatic carbocycles. The van der Waals surface area contributed by atoms with E-state index < -0.39 is 11.9 Å². The Morgan fingerprint density at radius 2 is 2.11 bits per heavy atom. The largest absolute Gasteiger partial charge is 0.495 e. The van der Waals surface area contributed by atoms with Crippen LogP contribution in [-0.2, 0) is 9.59 Å². The van der Waals surface area contributed by atoms with Crippen LogP contribution in [0, 0.1) is 0 Å². The molecule has 1 rings (SSSR count). The van der Waals surface area contributed by atoms with Crippen LogP contribution in [0.25, 0.3) is 0 Å². The maximum atomic E-state index is 11.7. The molecule has 1 aromatic rings. The number of hydrogen-bond donors (Lipinski definition) is 2. The Morgan fingerprint density at radius 3 is 2.67 bits per heavy atom. The minimum absolute atomic E-state index is 0.0736. The molecular formula is C12H12ClNO4. The zero-order valence-corrected chi connectivity index (χ0v) is 10.6. The molecule has 0 atom stereocenters. The second-order valence-electron chi connectivity index (χ2n) is 3.46. The van der Waals surface area contributed by atoms with Gasteiger partial charge >= 0.3 is 5.97 Å². The van der Waals surface area contributed by atoms with E-state index in [1.54, 1.807) is 12.1 Å². The first-order chi connectivity index (χ1) is 8.43. The summed E-state index contributed by atoms with van der Waals surface area (Å²) in [6.45, 7) is 1.40. The second kappa shape index (κ2) is 6.07. The predicted molar refractivity (Wildman–Crippen MR) is 68.0 cm³/mol. The fourth-order valence-electron chi connectivity index (χ4n) is 1.25. The lowest BCUT2D eigenvalue weighted by Crippen LogP contribution is -2.14. The van der Waals surface area contributed by atoms with Crippen LogP contribution in [0.2, 0.25) is 5.02 Å². The minimum Gasteiger partial charge on any atom is -0.495 e. The lowest BCUT2D eigenvalue weighted by atomic mass is 10.2. The molecule has 5 nitrogen and oxygen atoms in total. The summed E-state index contributed by atoms with van der Waals surface area (Å²) in [6.07, 6.45) is 0.826. The topological polar surface area (TPSA) is 75.6 Å². The van der Waals surface area contributed by atoms with Crippen molar-refractivity contribution in [3.05, 3.63) is 34.9 Å². The number of ether oxygens (including phenoxy) is 1. The van der Waals surface area contributed by atoms with Crippen LogP contribution in [0.4, 0.5) is 5.69 Å². The number of methoxy groups -OCH3 is 1. The summed E-state index contributed by atoms with van der Waals surface area (Å²) >= 11 is 5.81. The van der Waals surface area contributed by atoms with Crippen LogP contribution in [0.1, 0.15) is 6.92 Å². The van der Waals surface area contributed by atoms with E-state index in [-0.39, 0.29) is 5.57 Å². The standard InChI is InChI=1S/C12H12ClNO4/c1-7(5-11(15)16)12(17)14-9-6-8(13)3-4-10(9)18-2/h3-6H,1-2H3,(H,14,17)(H,15,16). The van der Waals surface area contributed by atoms with Gasteiger partial charge in [0.1, 0.15) is 5.75 Å². The van der Waals surface area contributed by atoms with Crippen molar-refractivity contribution in [3.8, 4) is 5.75 Å². The molecular weight excluding hydrogens is 258 g/mol. The van der Waals surface area contributed by atoms with E-state index in [1.165, 1.54) is 20.1 Å². The molecule has 0 saturated heterocycles. The van der Waals surface area contributed by atoms with Crippen LogP contribution in [0.15, 0.2) is 29.8 Å². The first-order valence-corrected chi connectivity index (χ1v) is 5.38. The number of benzene rings is 1. The number of amides is 1. The summed E-state index contributed by atoms with van der Waals surface area (Å²) in [5, 5.41) is 11.5. The molecule has 0 bridgehead atoms. The Hall–Kier alpha value is -2.01. The summed E-state index contributed by atoms with van der Waals surface area (Å²) in [6, 6.07) is 4.75. The van der Waals surface area contributed by atoms with Gasteiger partial charge in [0.05, 0.1) is 12.8 Å². The first kappa shape index (κ1) is 14.1. The van der Waals surface area contributed by atoms with Crippen molar-refractivity contribution in [2.75, 3.05) is 12.4 Å². The number of hydrogen-bond acceptors (Lipinski definition) is 3. The fraction of sp³-hybridized carbons (Fsp3) is 0.167. The van der Waals surface area contributed by atoms with Crippen molar-refractivity contribution >= 4 is 29.2 Å². The number of nitrogens with one attached hydrogen (secondary N) is 1. The Kier molecular flexibility index (Phi) is 4.74. The highest BCUT2D eigenvalue weighted by Crippen LogP contribution is 2.27. The molecule has 0 radical (unpaired) electrons. The molecule has 0 aliphatic carbocycles.